The van der Waals surface area contributed by atoms with Crippen LogP contribution in [0.5, 0.6) is 0 Å². The molecule has 7 nitrogen and oxygen atoms in total. The summed E-state index contributed by atoms with van der Waals surface area (Å²) < 4.78 is 14.8. The van der Waals surface area contributed by atoms with Crippen molar-refractivity contribution >= 4 is 39.1 Å². The lowest BCUT2D eigenvalue weighted by atomic mass is 9.99. The van der Waals surface area contributed by atoms with Crippen molar-refractivity contribution in [2.75, 3.05) is 17.7 Å². The van der Waals surface area contributed by atoms with Crippen molar-refractivity contribution < 1.29 is 9.18 Å². The molecule has 2 aromatic carbocycles. The van der Waals surface area contributed by atoms with E-state index in [1.165, 1.54) is 17.4 Å². The number of rotatable bonds is 6. The van der Waals surface area contributed by atoms with E-state index in [1.807, 2.05) is 30.3 Å². The molecule has 1 amide bonds. The second-order valence-electron chi connectivity index (χ2n) is 7.50. The fourth-order valence-corrected chi connectivity index (χ4v) is 4.19. The number of benzene rings is 2. The summed E-state index contributed by atoms with van der Waals surface area (Å²) in [5.41, 5.74) is 3.30. The van der Waals surface area contributed by atoms with Gasteiger partial charge in [-0.25, -0.2) is 19.3 Å². The van der Waals surface area contributed by atoms with Crippen LogP contribution in [0.2, 0.25) is 0 Å². The van der Waals surface area contributed by atoms with Gasteiger partial charge >= 0.3 is 0 Å². The molecule has 168 valence electrons. The predicted octanol–water partition coefficient (Wildman–Crippen LogP) is 5.18. The molecule has 0 unspecified atom stereocenters. The Balaban J connectivity index is 1.49. The van der Waals surface area contributed by atoms with Gasteiger partial charge in [0.2, 0.25) is 5.91 Å². The average molecular weight is 471 g/mol. The first-order valence-electron chi connectivity index (χ1n) is 10.5. The summed E-state index contributed by atoms with van der Waals surface area (Å²) in [6.07, 6.45) is 5.14. The molecule has 2 N–H and O–H groups in total. The molecule has 0 spiro atoms. The van der Waals surface area contributed by atoms with Crippen molar-refractivity contribution in [3.63, 3.8) is 0 Å². The van der Waals surface area contributed by atoms with Crippen LogP contribution in [0.15, 0.2) is 72.5 Å². The Labute approximate surface area is 198 Å². The Kier molecular flexibility index (Phi) is 5.92. The van der Waals surface area contributed by atoms with E-state index in [1.54, 1.807) is 43.2 Å². The Morgan fingerprint density at radius 3 is 2.74 bits per heavy atom. The summed E-state index contributed by atoms with van der Waals surface area (Å²) in [6.45, 7) is 0. The number of fused-ring (bicyclic) bond motifs is 1. The summed E-state index contributed by atoms with van der Waals surface area (Å²) in [7, 11) is 1.78. The molecule has 0 saturated carbocycles. The summed E-state index contributed by atoms with van der Waals surface area (Å²) in [6, 6.07) is 13.9. The first-order chi connectivity index (χ1) is 16.6. The van der Waals surface area contributed by atoms with E-state index in [0.29, 0.717) is 33.5 Å². The lowest BCUT2D eigenvalue weighted by molar-refractivity contribution is -0.115. The maximum absolute atomic E-state index is 14.8. The van der Waals surface area contributed by atoms with Crippen LogP contribution in [-0.4, -0.2) is 32.9 Å². The number of amides is 1. The highest BCUT2D eigenvalue weighted by Crippen LogP contribution is 2.31. The van der Waals surface area contributed by atoms with Crippen LogP contribution in [0.4, 0.5) is 15.3 Å². The Hall–Kier alpha value is -4.24. The van der Waals surface area contributed by atoms with E-state index in [0.717, 1.165) is 16.5 Å². The summed E-state index contributed by atoms with van der Waals surface area (Å²) in [4.78, 5) is 29.8. The molecule has 34 heavy (non-hydrogen) atoms. The van der Waals surface area contributed by atoms with Gasteiger partial charge in [0.05, 0.1) is 11.9 Å². The monoisotopic (exact) mass is 470 g/mol. The van der Waals surface area contributed by atoms with E-state index in [9.17, 15) is 9.18 Å². The maximum atomic E-state index is 14.8. The largest absolute Gasteiger partial charge is 0.373 e. The van der Waals surface area contributed by atoms with Gasteiger partial charge in [0.1, 0.15) is 11.6 Å². The molecule has 0 aliphatic carbocycles. The SMILES string of the molecule is CNc1nc(-c2cccnc2)nc2ccc(-c3cc(CC(=O)Nc4nccs4)ccc3F)cc12. The molecule has 3 heterocycles. The van der Waals surface area contributed by atoms with E-state index >= 15 is 0 Å². The minimum absolute atomic E-state index is 0.111. The molecule has 0 aliphatic rings. The standard InChI is InChI=1S/C25H19FN6OS/c1-27-24-19-13-16(5-7-21(19)30-23(32-24)17-3-2-8-28-14-17)18-11-15(4-6-20(18)26)12-22(33)31-25-29-9-10-34-25/h2-11,13-14H,12H2,1H3,(H,27,30,32)(H,29,31,33). The fraction of sp³-hybridized carbons (Fsp3) is 0.0800. The van der Waals surface area contributed by atoms with Gasteiger partial charge < -0.3 is 10.6 Å². The van der Waals surface area contributed by atoms with E-state index < -0.39 is 0 Å². The van der Waals surface area contributed by atoms with Gasteiger partial charge in [0.25, 0.3) is 0 Å². The number of thiazole rings is 1. The molecule has 3 aromatic heterocycles. The molecular weight excluding hydrogens is 451 g/mol. The Bertz CT molecular complexity index is 1470. The van der Waals surface area contributed by atoms with E-state index in [4.69, 9.17) is 0 Å². The average Bonchev–Trinajstić information content (AvgIpc) is 3.37. The fourth-order valence-electron chi connectivity index (χ4n) is 3.65. The lowest BCUT2D eigenvalue weighted by Crippen LogP contribution is -2.14. The van der Waals surface area contributed by atoms with Crippen molar-refractivity contribution in [2.45, 2.75) is 6.42 Å². The first-order valence-corrected chi connectivity index (χ1v) is 11.4. The lowest BCUT2D eigenvalue weighted by Gasteiger charge is -2.11. The third-order valence-electron chi connectivity index (χ3n) is 5.24. The number of anilines is 2. The van der Waals surface area contributed by atoms with Gasteiger partial charge in [-0.3, -0.25) is 9.78 Å². The number of halogens is 1. The highest BCUT2D eigenvalue weighted by molar-refractivity contribution is 7.13. The number of hydrogen-bond donors (Lipinski definition) is 2. The van der Waals surface area contributed by atoms with Crippen LogP contribution in [0, 0.1) is 5.82 Å². The van der Waals surface area contributed by atoms with E-state index in [2.05, 4.69) is 30.6 Å². The van der Waals surface area contributed by atoms with Crippen LogP contribution in [-0.2, 0) is 11.2 Å². The number of carbonyl (C=O) groups excluding carboxylic acids is 1. The second kappa shape index (κ2) is 9.32. The molecule has 5 rings (SSSR count). The molecule has 0 radical (unpaired) electrons. The van der Waals surface area contributed by atoms with Crippen molar-refractivity contribution in [2.24, 2.45) is 0 Å². The van der Waals surface area contributed by atoms with Crippen LogP contribution in [0.25, 0.3) is 33.4 Å². The summed E-state index contributed by atoms with van der Waals surface area (Å²) in [5.74, 6) is 0.601. The molecule has 0 saturated heterocycles. The smallest absolute Gasteiger partial charge is 0.230 e. The first kappa shape index (κ1) is 21.6. The molecule has 9 heteroatoms. The van der Waals surface area contributed by atoms with Crippen LogP contribution in [0.3, 0.4) is 0 Å². The van der Waals surface area contributed by atoms with Gasteiger partial charge in [-0.1, -0.05) is 12.1 Å². The van der Waals surface area contributed by atoms with Gasteiger partial charge in [-0.15, -0.1) is 11.3 Å². The van der Waals surface area contributed by atoms with Crippen LogP contribution >= 0.6 is 11.3 Å². The Morgan fingerprint density at radius 1 is 1.06 bits per heavy atom. The minimum atomic E-state index is -0.373. The van der Waals surface area contributed by atoms with Crippen molar-refractivity contribution in [1.29, 1.82) is 0 Å². The number of nitrogens with zero attached hydrogens (tertiary/aromatic N) is 4. The van der Waals surface area contributed by atoms with Crippen molar-refractivity contribution in [3.8, 4) is 22.5 Å². The Morgan fingerprint density at radius 2 is 1.97 bits per heavy atom. The number of nitrogens with one attached hydrogen (secondary N) is 2. The highest BCUT2D eigenvalue weighted by Gasteiger charge is 2.14. The molecule has 0 fully saturated rings. The zero-order valence-electron chi connectivity index (χ0n) is 18.1. The number of hydrogen-bond acceptors (Lipinski definition) is 7. The van der Waals surface area contributed by atoms with Gasteiger partial charge in [-0.05, 0) is 47.5 Å². The third-order valence-corrected chi connectivity index (χ3v) is 5.93. The zero-order valence-corrected chi connectivity index (χ0v) is 18.9. The van der Waals surface area contributed by atoms with Crippen LogP contribution in [0.1, 0.15) is 5.56 Å². The van der Waals surface area contributed by atoms with Crippen LogP contribution < -0.4 is 10.6 Å². The number of carbonyl (C=O) groups is 1. The molecular formula is C25H19FN6OS. The van der Waals surface area contributed by atoms with Crippen molar-refractivity contribution in [3.05, 3.63) is 83.9 Å². The normalized spacial score (nSPS) is 10.9. The van der Waals surface area contributed by atoms with Crippen molar-refractivity contribution in [1.82, 2.24) is 19.9 Å². The topological polar surface area (TPSA) is 92.7 Å². The number of aromatic nitrogens is 4. The molecule has 0 bridgehead atoms. The quantitative estimate of drug-likeness (QED) is 0.355. The van der Waals surface area contributed by atoms with Gasteiger partial charge in [0.15, 0.2) is 11.0 Å². The van der Waals surface area contributed by atoms with E-state index in [-0.39, 0.29) is 18.1 Å². The molecule has 5 aromatic rings. The molecule has 0 atom stereocenters. The zero-order chi connectivity index (χ0) is 23.5. The minimum Gasteiger partial charge on any atom is -0.373 e. The molecule has 0 aliphatic heterocycles. The highest BCUT2D eigenvalue weighted by atomic mass is 32.1. The second-order valence-corrected chi connectivity index (χ2v) is 8.39. The maximum Gasteiger partial charge on any atom is 0.230 e. The van der Waals surface area contributed by atoms with Gasteiger partial charge in [0, 0.05) is 47.5 Å². The summed E-state index contributed by atoms with van der Waals surface area (Å²) >= 11 is 1.34. The summed E-state index contributed by atoms with van der Waals surface area (Å²) in [5, 5.41) is 8.94. The number of pyridine rings is 1. The predicted molar refractivity (Wildman–Crippen MR) is 132 cm³/mol. The third kappa shape index (κ3) is 4.46. The van der Waals surface area contributed by atoms with Gasteiger partial charge in [-0.2, -0.15) is 0 Å².